The highest BCUT2D eigenvalue weighted by molar-refractivity contribution is 5.96. The first-order valence-corrected chi connectivity index (χ1v) is 6.89. The molecule has 0 spiro atoms. The number of aryl methyl sites for hydroxylation is 1. The van der Waals surface area contributed by atoms with Gasteiger partial charge >= 0.3 is 0 Å². The molecule has 1 aliphatic heterocycles. The molecule has 0 aliphatic carbocycles. The second kappa shape index (κ2) is 5.61. The number of nitrogens with zero attached hydrogens (tertiary/aromatic N) is 1. The van der Waals surface area contributed by atoms with Gasteiger partial charge in [-0.15, -0.1) is 0 Å². The number of amides is 1. The van der Waals surface area contributed by atoms with Crippen molar-refractivity contribution in [3.8, 4) is 0 Å². The van der Waals surface area contributed by atoms with Gasteiger partial charge in [0.05, 0.1) is 0 Å². The summed E-state index contributed by atoms with van der Waals surface area (Å²) in [6.45, 7) is 8.16. The van der Waals surface area contributed by atoms with Crippen molar-refractivity contribution in [3.63, 3.8) is 0 Å². The number of carbonyl (C=O) groups excluding carboxylic acids is 1. The average molecular weight is 261 g/mol. The molecule has 1 heterocycles. The Morgan fingerprint density at radius 2 is 2.21 bits per heavy atom. The van der Waals surface area contributed by atoms with E-state index in [1.807, 2.05) is 30.0 Å². The van der Waals surface area contributed by atoms with E-state index < -0.39 is 0 Å². The standard InChI is InChI=1S/C15H23N3O/c1-10(2)12-6-7-18(9-12)15(19)14-5-4-13(17-16)8-11(14)3/h4-5,8,10,12,17H,6-7,9,16H2,1-3H3. The fourth-order valence-electron chi connectivity index (χ4n) is 2.68. The molecule has 1 atom stereocenters. The van der Waals surface area contributed by atoms with Crippen molar-refractivity contribution in [3.05, 3.63) is 29.3 Å². The van der Waals surface area contributed by atoms with E-state index >= 15 is 0 Å². The fraction of sp³-hybridized carbons (Fsp3) is 0.533. The number of rotatable bonds is 3. The van der Waals surface area contributed by atoms with Crippen LogP contribution in [0.3, 0.4) is 0 Å². The van der Waals surface area contributed by atoms with E-state index in [2.05, 4.69) is 19.3 Å². The Kier molecular flexibility index (Phi) is 4.10. The van der Waals surface area contributed by atoms with Gasteiger partial charge in [0, 0.05) is 24.3 Å². The Bertz CT molecular complexity index is 470. The van der Waals surface area contributed by atoms with Crippen LogP contribution in [0.1, 0.15) is 36.2 Å². The monoisotopic (exact) mass is 261 g/mol. The zero-order chi connectivity index (χ0) is 14.0. The molecular weight excluding hydrogens is 238 g/mol. The maximum absolute atomic E-state index is 12.5. The molecule has 1 saturated heterocycles. The number of benzene rings is 1. The average Bonchev–Trinajstić information content (AvgIpc) is 2.87. The number of nitrogens with two attached hydrogens (primary N) is 1. The second-order valence-electron chi connectivity index (χ2n) is 5.72. The Morgan fingerprint density at radius 3 is 2.74 bits per heavy atom. The number of anilines is 1. The molecule has 104 valence electrons. The molecule has 1 unspecified atom stereocenters. The third kappa shape index (κ3) is 2.89. The van der Waals surface area contributed by atoms with E-state index in [0.29, 0.717) is 11.8 Å². The number of carbonyl (C=O) groups is 1. The van der Waals surface area contributed by atoms with Gasteiger partial charge in [-0.25, -0.2) is 0 Å². The molecule has 3 N–H and O–H groups in total. The van der Waals surface area contributed by atoms with Crippen LogP contribution in [-0.2, 0) is 0 Å². The number of hydrogen-bond donors (Lipinski definition) is 2. The largest absolute Gasteiger partial charge is 0.338 e. The van der Waals surface area contributed by atoms with Crippen molar-refractivity contribution < 1.29 is 4.79 Å². The Hall–Kier alpha value is -1.55. The highest BCUT2D eigenvalue weighted by atomic mass is 16.2. The molecule has 1 aromatic carbocycles. The summed E-state index contributed by atoms with van der Waals surface area (Å²) in [4.78, 5) is 14.5. The van der Waals surface area contributed by atoms with E-state index in [9.17, 15) is 4.79 Å². The minimum absolute atomic E-state index is 0.143. The maximum atomic E-state index is 12.5. The molecule has 1 aliphatic rings. The number of hydrogen-bond acceptors (Lipinski definition) is 3. The predicted octanol–water partition coefficient (Wildman–Crippen LogP) is 2.40. The summed E-state index contributed by atoms with van der Waals surface area (Å²) in [5.41, 5.74) is 5.18. The Morgan fingerprint density at radius 1 is 1.47 bits per heavy atom. The Balaban J connectivity index is 2.12. The van der Waals surface area contributed by atoms with E-state index in [0.717, 1.165) is 36.3 Å². The first kappa shape index (κ1) is 13.9. The second-order valence-corrected chi connectivity index (χ2v) is 5.72. The number of nitrogens with one attached hydrogen (secondary N) is 1. The summed E-state index contributed by atoms with van der Waals surface area (Å²) in [7, 11) is 0. The van der Waals surface area contributed by atoms with Gasteiger partial charge in [0.2, 0.25) is 0 Å². The summed E-state index contributed by atoms with van der Waals surface area (Å²) in [6.07, 6.45) is 1.12. The van der Waals surface area contributed by atoms with Gasteiger partial charge in [0.15, 0.2) is 0 Å². The zero-order valence-electron chi connectivity index (χ0n) is 11.9. The lowest BCUT2D eigenvalue weighted by Crippen LogP contribution is -2.30. The normalized spacial score (nSPS) is 19.0. The van der Waals surface area contributed by atoms with Gasteiger partial charge in [0.25, 0.3) is 5.91 Å². The van der Waals surface area contributed by atoms with Crippen LogP contribution in [-0.4, -0.2) is 23.9 Å². The smallest absolute Gasteiger partial charge is 0.254 e. The molecule has 0 radical (unpaired) electrons. The minimum atomic E-state index is 0.143. The van der Waals surface area contributed by atoms with Crippen LogP contribution < -0.4 is 11.3 Å². The highest BCUT2D eigenvalue weighted by Gasteiger charge is 2.29. The van der Waals surface area contributed by atoms with Gasteiger partial charge in [-0.3, -0.25) is 10.6 Å². The van der Waals surface area contributed by atoms with Crippen LogP contribution in [0.15, 0.2) is 18.2 Å². The van der Waals surface area contributed by atoms with Crippen LogP contribution in [0, 0.1) is 18.8 Å². The van der Waals surface area contributed by atoms with Crippen molar-refractivity contribution in [2.45, 2.75) is 27.2 Å². The highest BCUT2D eigenvalue weighted by Crippen LogP contribution is 2.26. The van der Waals surface area contributed by atoms with Crippen molar-refractivity contribution in [1.29, 1.82) is 0 Å². The van der Waals surface area contributed by atoms with Crippen LogP contribution in [0.5, 0.6) is 0 Å². The molecule has 1 aromatic rings. The first-order chi connectivity index (χ1) is 9.02. The van der Waals surface area contributed by atoms with E-state index in [-0.39, 0.29) is 5.91 Å². The van der Waals surface area contributed by atoms with Gasteiger partial charge in [-0.05, 0) is 48.9 Å². The van der Waals surface area contributed by atoms with Gasteiger partial charge < -0.3 is 10.3 Å². The molecule has 4 heteroatoms. The molecular formula is C15H23N3O. The van der Waals surface area contributed by atoms with Crippen molar-refractivity contribution in [2.75, 3.05) is 18.5 Å². The third-order valence-electron chi connectivity index (χ3n) is 4.08. The summed E-state index contributed by atoms with van der Waals surface area (Å²) >= 11 is 0. The minimum Gasteiger partial charge on any atom is -0.338 e. The van der Waals surface area contributed by atoms with E-state index in [1.165, 1.54) is 0 Å². The number of likely N-dealkylation sites (tertiary alicyclic amines) is 1. The molecule has 0 bridgehead atoms. The first-order valence-electron chi connectivity index (χ1n) is 6.89. The molecule has 0 aromatic heterocycles. The van der Waals surface area contributed by atoms with Crippen molar-refractivity contribution in [1.82, 2.24) is 4.90 Å². The lowest BCUT2D eigenvalue weighted by molar-refractivity contribution is 0.0783. The zero-order valence-corrected chi connectivity index (χ0v) is 11.9. The van der Waals surface area contributed by atoms with Crippen molar-refractivity contribution in [2.24, 2.45) is 17.7 Å². The fourth-order valence-corrected chi connectivity index (χ4v) is 2.68. The van der Waals surface area contributed by atoms with Crippen LogP contribution >= 0.6 is 0 Å². The lowest BCUT2D eigenvalue weighted by Gasteiger charge is -2.19. The van der Waals surface area contributed by atoms with Crippen LogP contribution in [0.25, 0.3) is 0 Å². The lowest BCUT2D eigenvalue weighted by atomic mass is 9.95. The molecule has 4 nitrogen and oxygen atoms in total. The van der Waals surface area contributed by atoms with Gasteiger partial charge in [-0.1, -0.05) is 13.8 Å². The topological polar surface area (TPSA) is 58.4 Å². The summed E-state index contributed by atoms with van der Waals surface area (Å²) in [5, 5.41) is 0. The van der Waals surface area contributed by atoms with Gasteiger partial charge in [0.1, 0.15) is 0 Å². The summed E-state index contributed by atoms with van der Waals surface area (Å²) in [6, 6.07) is 5.61. The van der Waals surface area contributed by atoms with Crippen molar-refractivity contribution >= 4 is 11.6 Å². The van der Waals surface area contributed by atoms with E-state index in [1.54, 1.807) is 0 Å². The van der Waals surface area contributed by atoms with Crippen LogP contribution in [0.4, 0.5) is 5.69 Å². The summed E-state index contributed by atoms with van der Waals surface area (Å²) < 4.78 is 0. The molecule has 0 saturated carbocycles. The molecule has 1 fully saturated rings. The predicted molar refractivity (Wildman–Crippen MR) is 77.8 cm³/mol. The number of hydrazine groups is 1. The molecule has 19 heavy (non-hydrogen) atoms. The van der Waals surface area contributed by atoms with E-state index in [4.69, 9.17) is 5.84 Å². The SMILES string of the molecule is Cc1cc(NN)ccc1C(=O)N1CCC(C(C)C)C1. The number of nitrogen functional groups attached to an aromatic ring is 1. The Labute approximate surface area is 114 Å². The third-order valence-corrected chi connectivity index (χ3v) is 4.08. The molecule has 2 rings (SSSR count). The summed E-state index contributed by atoms with van der Waals surface area (Å²) in [5.74, 6) is 6.79. The van der Waals surface area contributed by atoms with Gasteiger partial charge in [-0.2, -0.15) is 0 Å². The molecule has 1 amide bonds. The quantitative estimate of drug-likeness (QED) is 0.649. The van der Waals surface area contributed by atoms with Crippen LogP contribution in [0.2, 0.25) is 0 Å². The maximum Gasteiger partial charge on any atom is 0.254 e.